The van der Waals surface area contributed by atoms with Gasteiger partial charge in [0.15, 0.2) is 0 Å². The van der Waals surface area contributed by atoms with Crippen LogP contribution in [0.4, 0.5) is 5.95 Å². The molecule has 0 unspecified atom stereocenters. The van der Waals surface area contributed by atoms with Crippen LogP contribution in [0.3, 0.4) is 0 Å². The third-order valence-corrected chi connectivity index (χ3v) is 3.23. The molecule has 0 fully saturated rings. The number of nitrogens with two attached hydrogens (primary N) is 1. The fraction of sp³-hybridized carbons (Fsp3) is 0.0714. The van der Waals surface area contributed by atoms with Gasteiger partial charge in [0.2, 0.25) is 5.95 Å². The number of aromatic nitrogens is 2. The van der Waals surface area contributed by atoms with Crippen LogP contribution in [-0.4, -0.2) is 9.55 Å². The molecule has 0 atom stereocenters. The van der Waals surface area contributed by atoms with Crippen molar-refractivity contribution in [2.24, 2.45) is 0 Å². The molecule has 2 N–H and O–H groups in total. The zero-order chi connectivity index (χ0) is 12.7. The maximum Gasteiger partial charge on any atom is 0.205 e. The van der Waals surface area contributed by atoms with Gasteiger partial charge in [-0.25, -0.2) is 4.98 Å². The maximum absolute atomic E-state index is 6.29. The lowest BCUT2D eigenvalue weighted by Gasteiger charge is -2.09. The van der Waals surface area contributed by atoms with Crippen molar-refractivity contribution in [3.8, 4) is 5.69 Å². The smallest absolute Gasteiger partial charge is 0.205 e. The Labute approximate surface area is 110 Å². The van der Waals surface area contributed by atoms with Gasteiger partial charge in [0, 0.05) is 0 Å². The molecule has 4 heteroatoms. The fourth-order valence-electron chi connectivity index (χ4n) is 2.09. The lowest BCUT2D eigenvalue weighted by molar-refractivity contribution is 1.11. The molecule has 3 rings (SSSR count). The maximum atomic E-state index is 6.29. The molecule has 0 aliphatic heterocycles. The number of halogens is 1. The van der Waals surface area contributed by atoms with Crippen molar-refractivity contribution in [2.45, 2.75) is 6.92 Å². The summed E-state index contributed by atoms with van der Waals surface area (Å²) in [6.07, 6.45) is 0. The topological polar surface area (TPSA) is 43.8 Å². The van der Waals surface area contributed by atoms with Crippen LogP contribution in [0.5, 0.6) is 0 Å². The molecular weight excluding hydrogens is 246 g/mol. The lowest BCUT2D eigenvalue weighted by atomic mass is 10.2. The standard InChI is InChI=1S/C14H12ClN3/c1-9-6-7-12(10(15)8-9)18-13-5-3-2-4-11(13)17-14(18)16/h2-8H,1H3,(H2,16,17). The molecular formula is C14H12ClN3. The Balaban J connectivity index is 2.34. The van der Waals surface area contributed by atoms with Gasteiger partial charge in [0.1, 0.15) is 0 Å². The Hall–Kier alpha value is -2.00. The van der Waals surface area contributed by atoms with Gasteiger partial charge in [0.25, 0.3) is 0 Å². The van der Waals surface area contributed by atoms with E-state index >= 15 is 0 Å². The number of nitrogen functional groups attached to an aromatic ring is 1. The van der Waals surface area contributed by atoms with E-state index in [4.69, 9.17) is 17.3 Å². The van der Waals surface area contributed by atoms with E-state index in [1.807, 2.05) is 54.0 Å². The molecule has 0 saturated heterocycles. The van der Waals surface area contributed by atoms with Crippen molar-refractivity contribution in [1.29, 1.82) is 0 Å². The minimum atomic E-state index is 0.446. The van der Waals surface area contributed by atoms with Crippen molar-refractivity contribution in [3.63, 3.8) is 0 Å². The first-order valence-electron chi connectivity index (χ1n) is 5.66. The van der Waals surface area contributed by atoms with E-state index in [1.54, 1.807) is 0 Å². The Kier molecular flexibility index (Phi) is 2.49. The number of rotatable bonds is 1. The Morgan fingerprint density at radius 3 is 2.72 bits per heavy atom. The number of hydrogen-bond donors (Lipinski definition) is 1. The van der Waals surface area contributed by atoms with Crippen LogP contribution in [0.2, 0.25) is 5.02 Å². The lowest BCUT2D eigenvalue weighted by Crippen LogP contribution is -2.01. The van der Waals surface area contributed by atoms with Crippen molar-refractivity contribution in [1.82, 2.24) is 9.55 Å². The van der Waals surface area contributed by atoms with Gasteiger partial charge in [-0.3, -0.25) is 4.57 Å². The Bertz CT molecular complexity index is 731. The second-order valence-electron chi connectivity index (χ2n) is 4.25. The highest BCUT2D eigenvalue weighted by Crippen LogP contribution is 2.28. The van der Waals surface area contributed by atoms with Gasteiger partial charge in [-0.2, -0.15) is 0 Å². The first-order valence-corrected chi connectivity index (χ1v) is 6.04. The summed E-state index contributed by atoms with van der Waals surface area (Å²) in [5.74, 6) is 0.446. The molecule has 0 saturated carbocycles. The molecule has 1 heterocycles. The monoisotopic (exact) mass is 257 g/mol. The zero-order valence-corrected chi connectivity index (χ0v) is 10.6. The number of nitrogens with zero attached hydrogens (tertiary/aromatic N) is 2. The van der Waals surface area contributed by atoms with Crippen molar-refractivity contribution in [3.05, 3.63) is 53.1 Å². The van der Waals surface area contributed by atoms with E-state index in [0.29, 0.717) is 11.0 Å². The number of para-hydroxylation sites is 2. The van der Waals surface area contributed by atoms with E-state index in [0.717, 1.165) is 22.3 Å². The summed E-state index contributed by atoms with van der Waals surface area (Å²) in [4.78, 5) is 4.34. The van der Waals surface area contributed by atoms with Gasteiger partial charge < -0.3 is 5.73 Å². The number of imidazole rings is 1. The van der Waals surface area contributed by atoms with Crippen LogP contribution < -0.4 is 5.73 Å². The molecule has 3 aromatic rings. The molecule has 0 bridgehead atoms. The SMILES string of the molecule is Cc1ccc(-n2c(N)nc3ccccc32)c(Cl)c1. The molecule has 90 valence electrons. The first-order chi connectivity index (χ1) is 8.66. The average molecular weight is 258 g/mol. The van der Waals surface area contributed by atoms with E-state index in [-0.39, 0.29) is 0 Å². The minimum absolute atomic E-state index is 0.446. The third kappa shape index (κ3) is 1.64. The zero-order valence-electron chi connectivity index (χ0n) is 9.89. The second kappa shape index (κ2) is 4.03. The molecule has 2 aromatic carbocycles. The van der Waals surface area contributed by atoms with E-state index in [2.05, 4.69) is 4.98 Å². The summed E-state index contributed by atoms with van der Waals surface area (Å²) in [7, 11) is 0. The van der Waals surface area contributed by atoms with Crippen LogP contribution in [0.1, 0.15) is 5.56 Å². The number of benzene rings is 2. The van der Waals surface area contributed by atoms with Crippen molar-refractivity contribution >= 4 is 28.6 Å². The van der Waals surface area contributed by atoms with Crippen LogP contribution >= 0.6 is 11.6 Å². The van der Waals surface area contributed by atoms with Crippen LogP contribution in [0.25, 0.3) is 16.7 Å². The number of anilines is 1. The summed E-state index contributed by atoms with van der Waals surface area (Å²) in [6, 6.07) is 13.7. The summed E-state index contributed by atoms with van der Waals surface area (Å²) in [6.45, 7) is 2.00. The van der Waals surface area contributed by atoms with Gasteiger partial charge in [-0.05, 0) is 36.8 Å². The molecule has 0 spiro atoms. The predicted octanol–water partition coefficient (Wildman–Crippen LogP) is 3.57. The summed E-state index contributed by atoms with van der Waals surface area (Å²) >= 11 is 6.29. The Morgan fingerprint density at radius 2 is 1.94 bits per heavy atom. The first kappa shape index (κ1) is 11.1. The van der Waals surface area contributed by atoms with E-state index < -0.39 is 0 Å². The van der Waals surface area contributed by atoms with Crippen LogP contribution in [0, 0.1) is 6.92 Å². The molecule has 0 radical (unpaired) electrons. The van der Waals surface area contributed by atoms with Crippen LogP contribution in [-0.2, 0) is 0 Å². The number of aryl methyl sites for hydroxylation is 1. The highest BCUT2D eigenvalue weighted by Gasteiger charge is 2.11. The normalized spacial score (nSPS) is 11.0. The minimum Gasteiger partial charge on any atom is -0.369 e. The molecule has 18 heavy (non-hydrogen) atoms. The molecule has 3 nitrogen and oxygen atoms in total. The highest BCUT2D eigenvalue weighted by molar-refractivity contribution is 6.32. The molecule has 0 amide bonds. The van der Waals surface area contributed by atoms with Crippen molar-refractivity contribution in [2.75, 3.05) is 5.73 Å². The Morgan fingerprint density at radius 1 is 1.17 bits per heavy atom. The highest BCUT2D eigenvalue weighted by atomic mass is 35.5. The van der Waals surface area contributed by atoms with Crippen LogP contribution in [0.15, 0.2) is 42.5 Å². The molecule has 1 aromatic heterocycles. The quantitative estimate of drug-likeness (QED) is 0.724. The molecule has 0 aliphatic carbocycles. The number of hydrogen-bond acceptors (Lipinski definition) is 2. The second-order valence-corrected chi connectivity index (χ2v) is 4.66. The fourth-order valence-corrected chi connectivity index (χ4v) is 2.41. The van der Waals surface area contributed by atoms with Gasteiger partial charge in [-0.15, -0.1) is 0 Å². The third-order valence-electron chi connectivity index (χ3n) is 2.93. The number of fused-ring (bicyclic) bond motifs is 1. The van der Waals surface area contributed by atoms with Gasteiger partial charge in [0.05, 0.1) is 21.7 Å². The summed E-state index contributed by atoms with van der Waals surface area (Å²) in [5, 5.41) is 0.671. The largest absolute Gasteiger partial charge is 0.369 e. The molecule has 0 aliphatic rings. The van der Waals surface area contributed by atoms with E-state index in [1.165, 1.54) is 0 Å². The average Bonchev–Trinajstić information content (AvgIpc) is 2.66. The summed E-state index contributed by atoms with van der Waals surface area (Å²) in [5.41, 5.74) is 9.78. The van der Waals surface area contributed by atoms with Gasteiger partial charge >= 0.3 is 0 Å². The summed E-state index contributed by atoms with van der Waals surface area (Å²) < 4.78 is 1.87. The predicted molar refractivity (Wildman–Crippen MR) is 75.2 cm³/mol. The van der Waals surface area contributed by atoms with Crippen molar-refractivity contribution < 1.29 is 0 Å². The van der Waals surface area contributed by atoms with E-state index in [9.17, 15) is 0 Å². The van der Waals surface area contributed by atoms with Gasteiger partial charge in [-0.1, -0.05) is 29.8 Å².